The Morgan fingerprint density at radius 2 is 2.19 bits per heavy atom. The van der Waals surface area contributed by atoms with Gasteiger partial charge in [0.15, 0.2) is 0 Å². The van der Waals surface area contributed by atoms with Gasteiger partial charge in [0.1, 0.15) is 0 Å². The van der Waals surface area contributed by atoms with E-state index in [1.807, 2.05) is 6.92 Å². The fourth-order valence-electron chi connectivity index (χ4n) is 1.28. The van der Waals surface area contributed by atoms with Gasteiger partial charge >= 0.3 is 5.97 Å². The van der Waals surface area contributed by atoms with Crippen LogP contribution in [-0.4, -0.2) is 17.6 Å². The molecule has 0 heterocycles. The van der Waals surface area contributed by atoms with E-state index in [0.717, 1.165) is 0 Å². The predicted octanol–water partition coefficient (Wildman–Crippen LogP) is 3.52. The number of carboxylic acid groups (broad SMARTS) is 1. The van der Waals surface area contributed by atoms with Crippen LogP contribution >= 0.6 is 23.2 Å². The lowest BCUT2D eigenvalue weighted by atomic mass is 10.1. The first-order valence-corrected chi connectivity index (χ1v) is 5.72. The van der Waals surface area contributed by atoms with Crippen molar-refractivity contribution in [2.45, 2.75) is 13.3 Å². The average molecular weight is 262 g/mol. The predicted molar refractivity (Wildman–Crippen MR) is 66.4 cm³/mol. The summed E-state index contributed by atoms with van der Waals surface area (Å²) in [6.07, 6.45) is 0.570. The number of carboxylic acids is 1. The molecule has 2 N–H and O–H groups in total. The molecule has 0 bridgehead atoms. The summed E-state index contributed by atoms with van der Waals surface area (Å²) in [4.78, 5) is 10.8. The van der Waals surface area contributed by atoms with Crippen LogP contribution < -0.4 is 5.32 Å². The Kier molecular flexibility index (Phi) is 4.90. The molecule has 0 fully saturated rings. The van der Waals surface area contributed by atoms with E-state index >= 15 is 0 Å². The molecule has 0 saturated carbocycles. The molecule has 1 unspecified atom stereocenters. The minimum Gasteiger partial charge on any atom is -0.481 e. The van der Waals surface area contributed by atoms with E-state index in [0.29, 0.717) is 28.7 Å². The van der Waals surface area contributed by atoms with Crippen LogP contribution in [0.15, 0.2) is 18.2 Å². The number of hydrogen-bond donors (Lipinski definition) is 2. The van der Waals surface area contributed by atoms with Crippen molar-refractivity contribution in [2.24, 2.45) is 5.92 Å². The summed E-state index contributed by atoms with van der Waals surface area (Å²) >= 11 is 11.8. The third-order valence-corrected chi connectivity index (χ3v) is 3.15. The van der Waals surface area contributed by atoms with Crippen LogP contribution in [0.5, 0.6) is 0 Å². The van der Waals surface area contributed by atoms with Crippen molar-refractivity contribution < 1.29 is 9.90 Å². The van der Waals surface area contributed by atoms with Crippen molar-refractivity contribution >= 4 is 34.9 Å². The van der Waals surface area contributed by atoms with Gasteiger partial charge in [0.25, 0.3) is 0 Å². The van der Waals surface area contributed by atoms with Crippen LogP contribution in [0.25, 0.3) is 0 Å². The number of carbonyl (C=O) groups is 1. The summed E-state index contributed by atoms with van der Waals surface area (Å²) in [5, 5.41) is 12.7. The highest BCUT2D eigenvalue weighted by Crippen LogP contribution is 2.29. The molecular formula is C11H13Cl2NO2. The molecule has 0 radical (unpaired) electrons. The maximum absolute atomic E-state index is 10.8. The molecule has 1 atom stereocenters. The van der Waals surface area contributed by atoms with Crippen molar-refractivity contribution in [3.63, 3.8) is 0 Å². The Morgan fingerprint density at radius 1 is 1.50 bits per heavy atom. The van der Waals surface area contributed by atoms with Gasteiger partial charge in [0.05, 0.1) is 21.7 Å². The molecule has 0 amide bonds. The lowest BCUT2D eigenvalue weighted by molar-refractivity contribution is -0.141. The zero-order valence-corrected chi connectivity index (χ0v) is 10.3. The second-order valence-corrected chi connectivity index (χ2v) is 4.21. The van der Waals surface area contributed by atoms with Crippen LogP contribution in [0.2, 0.25) is 10.0 Å². The lowest BCUT2D eigenvalue weighted by Crippen LogP contribution is -2.22. The quantitative estimate of drug-likeness (QED) is 0.853. The Labute approximate surface area is 104 Å². The number of nitrogens with one attached hydrogen (secondary N) is 1. The molecule has 16 heavy (non-hydrogen) atoms. The van der Waals surface area contributed by atoms with E-state index in [2.05, 4.69) is 5.32 Å². The van der Waals surface area contributed by atoms with Crippen molar-refractivity contribution in [3.8, 4) is 0 Å². The van der Waals surface area contributed by atoms with E-state index in [1.165, 1.54) is 0 Å². The second kappa shape index (κ2) is 5.97. The summed E-state index contributed by atoms with van der Waals surface area (Å²) in [7, 11) is 0. The van der Waals surface area contributed by atoms with Crippen LogP contribution in [0.3, 0.4) is 0 Å². The summed E-state index contributed by atoms with van der Waals surface area (Å²) in [6.45, 7) is 2.17. The highest BCUT2D eigenvalue weighted by Gasteiger charge is 2.15. The van der Waals surface area contributed by atoms with Crippen LogP contribution in [-0.2, 0) is 4.79 Å². The maximum Gasteiger partial charge on any atom is 0.308 e. The Hall–Kier alpha value is -0.930. The molecule has 88 valence electrons. The third kappa shape index (κ3) is 3.29. The number of aliphatic carboxylic acids is 1. The second-order valence-electron chi connectivity index (χ2n) is 3.43. The normalized spacial score (nSPS) is 12.2. The fourth-order valence-corrected chi connectivity index (χ4v) is 1.65. The van der Waals surface area contributed by atoms with Gasteiger partial charge in [-0.3, -0.25) is 4.79 Å². The molecule has 0 aromatic heterocycles. The number of hydrogen-bond acceptors (Lipinski definition) is 2. The van der Waals surface area contributed by atoms with Gasteiger partial charge in [0.2, 0.25) is 0 Å². The van der Waals surface area contributed by atoms with Crippen molar-refractivity contribution in [1.82, 2.24) is 0 Å². The van der Waals surface area contributed by atoms with E-state index in [-0.39, 0.29) is 0 Å². The minimum atomic E-state index is -0.812. The van der Waals surface area contributed by atoms with Crippen LogP contribution in [0.4, 0.5) is 5.69 Å². The molecule has 0 aliphatic heterocycles. The number of halogens is 2. The first-order chi connectivity index (χ1) is 7.56. The van der Waals surface area contributed by atoms with Gasteiger partial charge in [-0.15, -0.1) is 0 Å². The molecule has 0 aliphatic rings. The van der Waals surface area contributed by atoms with Crippen molar-refractivity contribution in [3.05, 3.63) is 28.2 Å². The highest BCUT2D eigenvalue weighted by molar-refractivity contribution is 6.43. The van der Waals surface area contributed by atoms with Gasteiger partial charge in [-0.1, -0.05) is 36.2 Å². The summed E-state index contributed by atoms with van der Waals surface area (Å²) in [6, 6.07) is 5.21. The smallest absolute Gasteiger partial charge is 0.308 e. The van der Waals surface area contributed by atoms with Crippen molar-refractivity contribution in [1.29, 1.82) is 0 Å². The molecule has 5 heteroatoms. The monoisotopic (exact) mass is 261 g/mol. The molecule has 1 rings (SSSR count). The SMILES string of the molecule is CCC(CNc1cccc(Cl)c1Cl)C(=O)O. The number of benzene rings is 1. The standard InChI is InChI=1S/C11H13Cl2NO2/c1-2-7(11(15)16)6-14-9-5-3-4-8(12)10(9)13/h3-5,7,14H,2,6H2,1H3,(H,15,16). The van der Waals surface area contributed by atoms with Crippen LogP contribution in [0.1, 0.15) is 13.3 Å². The van der Waals surface area contributed by atoms with Gasteiger partial charge in [0, 0.05) is 6.54 Å². The Balaban J connectivity index is 2.67. The average Bonchev–Trinajstić information content (AvgIpc) is 2.24. The van der Waals surface area contributed by atoms with Gasteiger partial charge in [-0.2, -0.15) is 0 Å². The summed E-state index contributed by atoms with van der Waals surface area (Å²) in [5.74, 6) is -1.23. The van der Waals surface area contributed by atoms with Crippen molar-refractivity contribution in [2.75, 3.05) is 11.9 Å². The zero-order chi connectivity index (χ0) is 12.1. The largest absolute Gasteiger partial charge is 0.481 e. The van der Waals surface area contributed by atoms with Gasteiger partial charge in [-0.25, -0.2) is 0 Å². The zero-order valence-electron chi connectivity index (χ0n) is 8.84. The Morgan fingerprint density at radius 3 is 2.75 bits per heavy atom. The number of rotatable bonds is 5. The first-order valence-electron chi connectivity index (χ1n) is 4.97. The summed E-state index contributed by atoms with van der Waals surface area (Å²) < 4.78 is 0. The molecule has 1 aromatic carbocycles. The Bertz CT molecular complexity index is 382. The molecule has 0 saturated heterocycles. The van der Waals surface area contributed by atoms with Crippen LogP contribution in [0, 0.1) is 5.92 Å². The molecule has 1 aromatic rings. The number of anilines is 1. The first kappa shape index (κ1) is 13.1. The van der Waals surface area contributed by atoms with E-state index in [9.17, 15) is 4.79 Å². The lowest BCUT2D eigenvalue weighted by Gasteiger charge is -2.13. The third-order valence-electron chi connectivity index (χ3n) is 2.33. The minimum absolute atomic E-state index is 0.339. The molecule has 3 nitrogen and oxygen atoms in total. The maximum atomic E-state index is 10.8. The molecule has 0 aliphatic carbocycles. The van der Waals surface area contributed by atoms with E-state index in [1.54, 1.807) is 18.2 Å². The fraction of sp³-hybridized carbons (Fsp3) is 0.364. The molecular weight excluding hydrogens is 249 g/mol. The highest BCUT2D eigenvalue weighted by atomic mass is 35.5. The van der Waals surface area contributed by atoms with E-state index in [4.69, 9.17) is 28.3 Å². The molecule has 0 spiro atoms. The van der Waals surface area contributed by atoms with Gasteiger partial charge in [-0.05, 0) is 18.6 Å². The summed E-state index contributed by atoms with van der Waals surface area (Å²) in [5.41, 5.74) is 0.661. The topological polar surface area (TPSA) is 49.3 Å². The van der Waals surface area contributed by atoms with E-state index < -0.39 is 11.9 Å². The van der Waals surface area contributed by atoms with Gasteiger partial charge < -0.3 is 10.4 Å².